The van der Waals surface area contributed by atoms with Crippen LogP contribution in [0.3, 0.4) is 0 Å². The van der Waals surface area contributed by atoms with E-state index in [0.717, 1.165) is 0 Å². The van der Waals surface area contributed by atoms with Gasteiger partial charge < -0.3 is 21.1 Å². The molecule has 3 amide bonds. The summed E-state index contributed by atoms with van der Waals surface area (Å²) in [7, 11) is 1.58. The molecular weight excluding hydrogens is 250 g/mol. The van der Waals surface area contributed by atoms with Gasteiger partial charge in [0, 0.05) is 13.1 Å². The third-order valence-corrected chi connectivity index (χ3v) is 3.16. The second-order valence-corrected chi connectivity index (χ2v) is 5.66. The largest absolute Gasteiger partial charge is 0.480 e. The molecule has 0 aromatic heterocycles. The average Bonchev–Trinajstić information content (AvgIpc) is 2.23. The van der Waals surface area contributed by atoms with E-state index in [1.54, 1.807) is 7.05 Å². The summed E-state index contributed by atoms with van der Waals surface area (Å²) in [5.41, 5.74) is 4.80. The molecule has 0 aliphatic carbocycles. The second kappa shape index (κ2) is 6.40. The highest BCUT2D eigenvalue weighted by molar-refractivity contribution is 5.87. The maximum atomic E-state index is 11.9. The van der Waals surface area contributed by atoms with Gasteiger partial charge in [0.1, 0.15) is 6.04 Å². The molecular formula is C12H23N3O4. The van der Waals surface area contributed by atoms with Crippen LogP contribution in [0.1, 0.15) is 34.1 Å². The zero-order valence-corrected chi connectivity index (χ0v) is 12.1. The molecule has 1 unspecified atom stereocenters. The van der Waals surface area contributed by atoms with Gasteiger partial charge in [-0.3, -0.25) is 4.79 Å². The van der Waals surface area contributed by atoms with Crippen LogP contribution in [-0.2, 0) is 9.59 Å². The number of hydrogen-bond acceptors (Lipinski definition) is 3. The summed E-state index contributed by atoms with van der Waals surface area (Å²) >= 11 is 0. The highest BCUT2D eigenvalue weighted by atomic mass is 16.4. The number of nitrogens with zero attached hydrogens (tertiary/aromatic N) is 1. The van der Waals surface area contributed by atoms with E-state index in [1.807, 2.05) is 27.7 Å². The SMILES string of the molecule is CC(N(C)C(=O)N[C@@H](CC(N)=O)C(=O)O)C(C)(C)C. The smallest absolute Gasteiger partial charge is 0.326 e. The van der Waals surface area contributed by atoms with Crippen molar-refractivity contribution in [1.82, 2.24) is 10.2 Å². The number of carbonyl (C=O) groups excluding carboxylic acids is 2. The third-order valence-electron chi connectivity index (χ3n) is 3.16. The number of carbonyl (C=O) groups is 3. The quantitative estimate of drug-likeness (QED) is 0.672. The molecule has 4 N–H and O–H groups in total. The molecule has 7 nitrogen and oxygen atoms in total. The van der Waals surface area contributed by atoms with Crippen LogP contribution in [0.5, 0.6) is 0 Å². The van der Waals surface area contributed by atoms with Crippen LogP contribution in [0, 0.1) is 5.41 Å². The Bertz CT molecular complexity index is 362. The van der Waals surface area contributed by atoms with Crippen molar-refractivity contribution in [2.75, 3.05) is 7.05 Å². The van der Waals surface area contributed by atoms with Gasteiger partial charge in [0.15, 0.2) is 0 Å². The maximum absolute atomic E-state index is 11.9. The number of rotatable bonds is 5. The second-order valence-electron chi connectivity index (χ2n) is 5.66. The number of aliphatic carboxylic acids is 1. The molecule has 0 heterocycles. The molecule has 0 radical (unpaired) electrons. The lowest BCUT2D eigenvalue weighted by atomic mass is 9.87. The van der Waals surface area contributed by atoms with Crippen LogP contribution in [0.25, 0.3) is 0 Å². The fourth-order valence-corrected chi connectivity index (χ4v) is 1.41. The molecule has 0 spiro atoms. The van der Waals surface area contributed by atoms with Crippen molar-refractivity contribution in [3.63, 3.8) is 0 Å². The summed E-state index contributed by atoms with van der Waals surface area (Å²) in [6.45, 7) is 7.78. The van der Waals surface area contributed by atoms with Gasteiger partial charge in [0.2, 0.25) is 5.91 Å². The van der Waals surface area contributed by atoms with Crippen molar-refractivity contribution >= 4 is 17.9 Å². The van der Waals surface area contributed by atoms with Gasteiger partial charge in [0.25, 0.3) is 0 Å². The topological polar surface area (TPSA) is 113 Å². The van der Waals surface area contributed by atoms with Crippen LogP contribution < -0.4 is 11.1 Å². The Morgan fingerprint density at radius 2 is 1.79 bits per heavy atom. The summed E-state index contributed by atoms with van der Waals surface area (Å²) in [6.07, 6.45) is -0.432. The number of carboxylic acid groups (broad SMARTS) is 1. The minimum absolute atomic E-state index is 0.101. The van der Waals surface area contributed by atoms with E-state index in [2.05, 4.69) is 5.32 Å². The normalized spacial score (nSPS) is 14.4. The lowest BCUT2D eigenvalue weighted by Crippen LogP contribution is -2.52. The van der Waals surface area contributed by atoms with Gasteiger partial charge in [-0.1, -0.05) is 20.8 Å². The monoisotopic (exact) mass is 273 g/mol. The van der Waals surface area contributed by atoms with Crippen molar-refractivity contribution in [2.45, 2.75) is 46.2 Å². The van der Waals surface area contributed by atoms with Gasteiger partial charge >= 0.3 is 12.0 Å². The Balaban J connectivity index is 4.73. The van der Waals surface area contributed by atoms with E-state index in [0.29, 0.717) is 0 Å². The Morgan fingerprint density at radius 3 is 2.11 bits per heavy atom. The lowest BCUT2D eigenvalue weighted by Gasteiger charge is -2.35. The number of primary amides is 1. The van der Waals surface area contributed by atoms with E-state index in [-0.39, 0.29) is 11.5 Å². The molecule has 0 aliphatic heterocycles. The molecule has 0 aromatic rings. The molecule has 110 valence electrons. The predicted octanol–water partition coefficient (Wildman–Crippen LogP) is 0.391. The number of hydrogen-bond donors (Lipinski definition) is 3. The molecule has 0 saturated carbocycles. The van der Waals surface area contributed by atoms with Crippen LogP contribution in [0.4, 0.5) is 4.79 Å². The highest BCUT2D eigenvalue weighted by Gasteiger charge is 2.30. The van der Waals surface area contributed by atoms with Gasteiger partial charge in [-0.2, -0.15) is 0 Å². The summed E-state index contributed by atoms with van der Waals surface area (Å²) in [5, 5.41) is 11.2. The zero-order chi connectivity index (χ0) is 15.4. The number of nitrogens with one attached hydrogen (secondary N) is 1. The number of amides is 3. The Kier molecular flexibility index (Phi) is 5.80. The highest BCUT2D eigenvalue weighted by Crippen LogP contribution is 2.22. The van der Waals surface area contributed by atoms with E-state index in [9.17, 15) is 14.4 Å². The van der Waals surface area contributed by atoms with E-state index in [4.69, 9.17) is 10.8 Å². The summed E-state index contributed by atoms with van der Waals surface area (Å²) < 4.78 is 0. The average molecular weight is 273 g/mol. The summed E-state index contributed by atoms with van der Waals surface area (Å²) in [5.74, 6) is -2.07. The number of nitrogens with two attached hydrogens (primary N) is 1. The van der Waals surface area contributed by atoms with Crippen molar-refractivity contribution < 1.29 is 19.5 Å². The Morgan fingerprint density at radius 1 is 1.32 bits per heavy atom. The molecule has 0 saturated heterocycles. The van der Waals surface area contributed by atoms with Crippen LogP contribution in [0.15, 0.2) is 0 Å². The molecule has 0 fully saturated rings. The third kappa shape index (κ3) is 5.58. The number of carboxylic acids is 1. The lowest BCUT2D eigenvalue weighted by molar-refractivity contribution is -0.141. The summed E-state index contributed by atoms with van der Waals surface area (Å²) in [4.78, 5) is 35.0. The van der Waals surface area contributed by atoms with Crippen molar-refractivity contribution in [3.05, 3.63) is 0 Å². The fraction of sp³-hybridized carbons (Fsp3) is 0.750. The first-order chi connectivity index (χ1) is 8.46. The van der Waals surface area contributed by atoms with Crippen molar-refractivity contribution in [2.24, 2.45) is 11.1 Å². The molecule has 2 atom stereocenters. The van der Waals surface area contributed by atoms with E-state index < -0.39 is 30.4 Å². The fourth-order valence-electron chi connectivity index (χ4n) is 1.41. The van der Waals surface area contributed by atoms with E-state index >= 15 is 0 Å². The van der Waals surface area contributed by atoms with Crippen LogP contribution >= 0.6 is 0 Å². The Labute approximate surface area is 113 Å². The molecule has 0 rings (SSSR count). The first kappa shape index (κ1) is 17.2. The zero-order valence-electron chi connectivity index (χ0n) is 12.1. The van der Waals surface area contributed by atoms with Gasteiger partial charge in [-0.25, -0.2) is 9.59 Å². The molecule has 0 bridgehead atoms. The van der Waals surface area contributed by atoms with Gasteiger partial charge in [0.05, 0.1) is 6.42 Å². The standard InChI is InChI=1S/C12H23N3O4/c1-7(12(2,3)4)15(5)11(19)14-8(10(17)18)6-9(13)16/h7-8H,6H2,1-5H3,(H2,13,16)(H,14,19)(H,17,18)/t7?,8-/m0/s1. The minimum Gasteiger partial charge on any atom is -0.480 e. The minimum atomic E-state index is -1.31. The molecule has 0 aromatic carbocycles. The first-order valence-corrected chi connectivity index (χ1v) is 6.01. The molecule has 0 aliphatic rings. The van der Waals surface area contributed by atoms with Crippen molar-refractivity contribution in [1.29, 1.82) is 0 Å². The first-order valence-electron chi connectivity index (χ1n) is 6.01. The van der Waals surface area contributed by atoms with E-state index in [1.165, 1.54) is 4.90 Å². The maximum Gasteiger partial charge on any atom is 0.326 e. The number of urea groups is 1. The summed E-state index contributed by atoms with van der Waals surface area (Å²) in [6, 6.07) is -1.95. The van der Waals surface area contributed by atoms with Crippen molar-refractivity contribution in [3.8, 4) is 0 Å². The Hall–Kier alpha value is -1.79. The van der Waals surface area contributed by atoms with Crippen LogP contribution in [-0.4, -0.2) is 47.0 Å². The predicted molar refractivity (Wildman–Crippen MR) is 70.4 cm³/mol. The molecule has 19 heavy (non-hydrogen) atoms. The van der Waals surface area contributed by atoms with Gasteiger partial charge in [-0.15, -0.1) is 0 Å². The van der Waals surface area contributed by atoms with Gasteiger partial charge in [-0.05, 0) is 12.3 Å². The van der Waals surface area contributed by atoms with Crippen LogP contribution in [0.2, 0.25) is 0 Å². The molecule has 7 heteroatoms.